The molecule has 0 atom stereocenters. The van der Waals surface area contributed by atoms with E-state index in [2.05, 4.69) is 14.7 Å². The molecule has 3 heterocycles. The van der Waals surface area contributed by atoms with Crippen LogP contribution in [0.2, 0.25) is 5.15 Å². The van der Waals surface area contributed by atoms with Crippen molar-refractivity contribution in [2.45, 2.75) is 10.8 Å². The number of rotatable bonds is 5. The summed E-state index contributed by atoms with van der Waals surface area (Å²) in [6.07, 6.45) is 0. The molecule has 8 nitrogen and oxygen atoms in total. The van der Waals surface area contributed by atoms with Crippen LogP contribution >= 0.6 is 22.9 Å². The number of carbonyl (C=O) groups excluding carboxylic acids is 2. The third-order valence-electron chi connectivity index (χ3n) is 4.85. The zero-order valence-electron chi connectivity index (χ0n) is 16.1. The van der Waals surface area contributed by atoms with Crippen LogP contribution in [-0.2, 0) is 16.6 Å². The molecule has 2 amide bonds. The fourth-order valence-corrected chi connectivity index (χ4v) is 5.94. The van der Waals surface area contributed by atoms with E-state index in [0.717, 1.165) is 16.2 Å². The summed E-state index contributed by atoms with van der Waals surface area (Å²) < 4.78 is 28.1. The molecule has 11 heteroatoms. The molecule has 0 radical (unpaired) electrons. The summed E-state index contributed by atoms with van der Waals surface area (Å²) in [4.78, 5) is 35.1. The molecule has 4 aromatic rings. The molecule has 2 aromatic carbocycles. The van der Waals surface area contributed by atoms with Gasteiger partial charge < -0.3 is 0 Å². The van der Waals surface area contributed by atoms with Crippen LogP contribution in [0.5, 0.6) is 0 Å². The SMILES string of the molecule is O=C1c2ccccc2C(=O)N1Cc1ccc(S(=O)(=O)Nc2nc3ccccc3nc2Cl)s1. The topological polar surface area (TPSA) is 109 Å². The lowest BCUT2D eigenvalue weighted by molar-refractivity contribution is 0.0644. The van der Waals surface area contributed by atoms with E-state index in [1.807, 2.05) is 0 Å². The second-order valence-electron chi connectivity index (χ2n) is 6.92. The van der Waals surface area contributed by atoms with Gasteiger partial charge in [-0.05, 0) is 36.4 Å². The van der Waals surface area contributed by atoms with Crippen molar-refractivity contribution in [3.63, 3.8) is 0 Å². The van der Waals surface area contributed by atoms with Gasteiger partial charge in [-0.15, -0.1) is 11.3 Å². The van der Waals surface area contributed by atoms with Gasteiger partial charge in [0.25, 0.3) is 21.8 Å². The van der Waals surface area contributed by atoms with Gasteiger partial charge in [0.1, 0.15) is 4.21 Å². The Kier molecular flexibility index (Phi) is 4.92. The van der Waals surface area contributed by atoms with Crippen LogP contribution in [0.15, 0.2) is 64.9 Å². The summed E-state index contributed by atoms with van der Waals surface area (Å²) in [5.74, 6) is -0.889. The number of benzene rings is 2. The maximum atomic E-state index is 12.9. The standard InChI is InChI=1S/C21H13ClN4O4S2/c22-18-19(24-16-8-4-3-7-15(16)23-18)25-32(29,30)17-10-9-12(31-17)11-26-20(27)13-5-1-2-6-14(13)21(26)28/h1-10H,11H2,(H,24,25). The number of anilines is 1. The first-order valence-corrected chi connectivity index (χ1v) is 12.0. The van der Waals surface area contributed by atoms with Crippen LogP contribution in [-0.4, -0.2) is 35.1 Å². The molecule has 0 saturated carbocycles. The van der Waals surface area contributed by atoms with Gasteiger partial charge >= 0.3 is 0 Å². The molecule has 0 saturated heterocycles. The number of nitrogens with zero attached hydrogens (tertiary/aromatic N) is 3. The maximum Gasteiger partial charge on any atom is 0.272 e. The summed E-state index contributed by atoms with van der Waals surface area (Å²) in [6.45, 7) is -0.0247. The summed E-state index contributed by atoms with van der Waals surface area (Å²) >= 11 is 7.06. The Labute approximate surface area is 191 Å². The molecular weight excluding hydrogens is 472 g/mol. The number of para-hydroxylation sites is 2. The van der Waals surface area contributed by atoms with E-state index in [1.54, 1.807) is 54.6 Å². The minimum atomic E-state index is -4.00. The van der Waals surface area contributed by atoms with Crippen molar-refractivity contribution in [3.8, 4) is 0 Å². The van der Waals surface area contributed by atoms with Crippen molar-refractivity contribution in [1.82, 2.24) is 14.9 Å². The molecule has 32 heavy (non-hydrogen) atoms. The zero-order valence-corrected chi connectivity index (χ0v) is 18.5. The lowest BCUT2D eigenvalue weighted by atomic mass is 10.1. The smallest absolute Gasteiger partial charge is 0.269 e. The van der Waals surface area contributed by atoms with Crippen LogP contribution in [0.4, 0.5) is 5.82 Å². The van der Waals surface area contributed by atoms with Crippen molar-refractivity contribution in [2.75, 3.05) is 4.72 Å². The zero-order chi connectivity index (χ0) is 22.5. The minimum absolute atomic E-state index is 0.00451. The predicted molar refractivity (Wildman–Crippen MR) is 120 cm³/mol. The average molecular weight is 485 g/mol. The van der Waals surface area contributed by atoms with Crippen LogP contribution in [0.3, 0.4) is 0 Å². The van der Waals surface area contributed by atoms with Gasteiger partial charge in [-0.2, -0.15) is 0 Å². The number of fused-ring (bicyclic) bond motifs is 2. The second-order valence-corrected chi connectivity index (χ2v) is 10.4. The largest absolute Gasteiger partial charge is 0.272 e. The fourth-order valence-electron chi connectivity index (χ4n) is 3.35. The van der Waals surface area contributed by atoms with Gasteiger partial charge in [0.2, 0.25) is 0 Å². The first kappa shape index (κ1) is 20.6. The number of hydrogen-bond acceptors (Lipinski definition) is 7. The highest BCUT2D eigenvalue weighted by Crippen LogP contribution is 2.30. The van der Waals surface area contributed by atoms with Gasteiger partial charge in [0, 0.05) is 4.88 Å². The van der Waals surface area contributed by atoms with E-state index in [-0.39, 0.29) is 21.7 Å². The molecule has 160 valence electrons. The Balaban J connectivity index is 1.38. The van der Waals surface area contributed by atoms with Gasteiger partial charge in [0.05, 0.1) is 28.7 Å². The van der Waals surface area contributed by atoms with E-state index >= 15 is 0 Å². The lowest BCUT2D eigenvalue weighted by Crippen LogP contribution is -2.28. The summed E-state index contributed by atoms with van der Waals surface area (Å²) in [7, 11) is -4.00. The highest BCUT2D eigenvalue weighted by atomic mass is 35.5. The van der Waals surface area contributed by atoms with Crippen molar-refractivity contribution < 1.29 is 18.0 Å². The monoisotopic (exact) mass is 484 g/mol. The van der Waals surface area contributed by atoms with Crippen molar-refractivity contribution >= 4 is 61.6 Å². The second kappa shape index (κ2) is 7.66. The van der Waals surface area contributed by atoms with Gasteiger partial charge in [-0.3, -0.25) is 19.2 Å². The highest BCUT2D eigenvalue weighted by Gasteiger charge is 2.35. The number of amides is 2. The average Bonchev–Trinajstić information content (AvgIpc) is 3.35. The lowest BCUT2D eigenvalue weighted by Gasteiger charge is -2.12. The molecule has 0 aliphatic carbocycles. The Morgan fingerprint density at radius 3 is 2.12 bits per heavy atom. The van der Waals surface area contributed by atoms with E-state index in [1.165, 1.54) is 6.07 Å². The van der Waals surface area contributed by atoms with Crippen LogP contribution in [0.25, 0.3) is 11.0 Å². The quantitative estimate of drug-likeness (QED) is 0.430. The first-order chi connectivity index (χ1) is 15.3. The molecule has 0 spiro atoms. The minimum Gasteiger partial charge on any atom is -0.269 e. The molecule has 5 rings (SSSR count). The highest BCUT2D eigenvalue weighted by molar-refractivity contribution is 7.94. The van der Waals surface area contributed by atoms with E-state index < -0.39 is 21.8 Å². The maximum absolute atomic E-state index is 12.9. The molecule has 0 fully saturated rings. The van der Waals surface area contributed by atoms with E-state index in [4.69, 9.17) is 11.6 Å². The molecule has 2 aromatic heterocycles. The summed E-state index contributed by atoms with van der Waals surface area (Å²) in [5, 5.41) is -0.0740. The third-order valence-corrected chi connectivity index (χ3v) is 8.02. The van der Waals surface area contributed by atoms with Gasteiger partial charge in [-0.1, -0.05) is 35.9 Å². The number of imide groups is 1. The summed E-state index contributed by atoms with van der Waals surface area (Å²) in [6, 6.07) is 16.5. The molecular formula is C21H13ClN4O4S2. The molecule has 0 unspecified atom stereocenters. The molecule has 0 bridgehead atoms. The molecule has 1 aliphatic rings. The number of hydrogen-bond donors (Lipinski definition) is 1. The van der Waals surface area contributed by atoms with Crippen molar-refractivity contribution in [3.05, 3.63) is 81.8 Å². The molecule has 1 aliphatic heterocycles. The van der Waals surface area contributed by atoms with Crippen LogP contribution < -0.4 is 4.72 Å². The first-order valence-electron chi connectivity index (χ1n) is 9.32. The number of thiophene rings is 1. The normalized spacial score (nSPS) is 13.6. The van der Waals surface area contributed by atoms with Gasteiger partial charge in [-0.25, -0.2) is 18.4 Å². The Hall–Kier alpha value is -3.34. The predicted octanol–water partition coefficient (Wildman–Crippen LogP) is 3.94. The Bertz CT molecular complexity index is 1480. The Morgan fingerprint density at radius 2 is 1.47 bits per heavy atom. The third kappa shape index (κ3) is 3.52. The van der Waals surface area contributed by atoms with Crippen LogP contribution in [0.1, 0.15) is 25.6 Å². The molecule has 1 N–H and O–H groups in total. The fraction of sp³-hybridized carbons (Fsp3) is 0.0476. The van der Waals surface area contributed by atoms with Gasteiger partial charge in [0.15, 0.2) is 11.0 Å². The Morgan fingerprint density at radius 1 is 0.875 bits per heavy atom. The van der Waals surface area contributed by atoms with Crippen LogP contribution in [0, 0.1) is 0 Å². The number of aromatic nitrogens is 2. The summed E-state index contributed by atoms with van der Waals surface area (Å²) in [5.41, 5.74) is 1.72. The number of halogens is 1. The van der Waals surface area contributed by atoms with Crippen molar-refractivity contribution in [1.29, 1.82) is 0 Å². The van der Waals surface area contributed by atoms with E-state index in [9.17, 15) is 18.0 Å². The number of sulfonamides is 1. The van der Waals surface area contributed by atoms with Crippen molar-refractivity contribution in [2.24, 2.45) is 0 Å². The van der Waals surface area contributed by atoms with E-state index in [0.29, 0.717) is 27.0 Å². The number of nitrogens with one attached hydrogen (secondary N) is 1. The number of carbonyl (C=O) groups is 2.